The van der Waals surface area contributed by atoms with E-state index in [2.05, 4.69) is 4.72 Å². The molecule has 0 fully saturated rings. The van der Waals surface area contributed by atoms with Gasteiger partial charge in [0.05, 0.1) is 23.3 Å². The van der Waals surface area contributed by atoms with Crippen LogP contribution in [0.3, 0.4) is 0 Å². The van der Waals surface area contributed by atoms with E-state index in [1.807, 2.05) is 6.92 Å². The van der Waals surface area contributed by atoms with Gasteiger partial charge in [0.1, 0.15) is 5.75 Å². The van der Waals surface area contributed by atoms with E-state index in [9.17, 15) is 21.6 Å². The maximum Gasteiger partial charge on any atom is 0.416 e. The predicted molar refractivity (Wildman–Crippen MR) is 84.7 cm³/mol. The summed E-state index contributed by atoms with van der Waals surface area (Å²) < 4.78 is 70.0. The zero-order chi connectivity index (χ0) is 18.1. The fraction of sp³-hybridized carbons (Fsp3) is 0.250. The third-order valence-corrected chi connectivity index (χ3v) is 4.92. The van der Waals surface area contributed by atoms with Gasteiger partial charge in [-0.1, -0.05) is 6.07 Å². The molecule has 0 bridgehead atoms. The molecular weight excluding hydrogens is 343 g/mol. The topological polar surface area (TPSA) is 55.4 Å². The average Bonchev–Trinajstić information content (AvgIpc) is 2.50. The largest absolute Gasteiger partial charge is 0.496 e. The summed E-state index contributed by atoms with van der Waals surface area (Å²) in [5, 5.41) is 0. The SMILES string of the molecule is COc1c(C)ccc(NS(=O)(=O)c2ccc(C(F)(F)F)cc2)c1C. The minimum Gasteiger partial charge on any atom is -0.496 e. The van der Waals surface area contributed by atoms with Crippen molar-refractivity contribution in [1.29, 1.82) is 0 Å². The van der Waals surface area contributed by atoms with Gasteiger partial charge in [-0.2, -0.15) is 13.2 Å². The van der Waals surface area contributed by atoms with Crippen LogP contribution in [0, 0.1) is 13.8 Å². The molecule has 0 spiro atoms. The van der Waals surface area contributed by atoms with Crippen LogP contribution in [0.1, 0.15) is 16.7 Å². The van der Waals surface area contributed by atoms with Gasteiger partial charge >= 0.3 is 6.18 Å². The average molecular weight is 359 g/mol. The Morgan fingerprint density at radius 3 is 2.08 bits per heavy atom. The minimum atomic E-state index is -4.52. The summed E-state index contributed by atoms with van der Waals surface area (Å²) in [7, 11) is -2.53. The zero-order valence-electron chi connectivity index (χ0n) is 13.2. The first-order valence-corrected chi connectivity index (χ1v) is 8.39. The number of benzene rings is 2. The monoisotopic (exact) mass is 359 g/mol. The number of hydrogen-bond acceptors (Lipinski definition) is 3. The van der Waals surface area contributed by atoms with Gasteiger partial charge in [-0.15, -0.1) is 0 Å². The van der Waals surface area contributed by atoms with E-state index in [0.717, 1.165) is 29.8 Å². The van der Waals surface area contributed by atoms with Gasteiger partial charge < -0.3 is 4.74 Å². The van der Waals surface area contributed by atoms with Crippen molar-refractivity contribution in [2.24, 2.45) is 0 Å². The first-order chi connectivity index (χ1) is 11.1. The van der Waals surface area contributed by atoms with E-state index in [-0.39, 0.29) is 4.90 Å². The van der Waals surface area contributed by atoms with Crippen molar-refractivity contribution >= 4 is 15.7 Å². The number of sulfonamides is 1. The van der Waals surface area contributed by atoms with Crippen LogP contribution in [-0.4, -0.2) is 15.5 Å². The first-order valence-electron chi connectivity index (χ1n) is 6.90. The molecular formula is C16H16F3NO3S. The Hall–Kier alpha value is -2.22. The van der Waals surface area contributed by atoms with Gasteiger partial charge in [-0.05, 0) is 49.7 Å². The number of alkyl halides is 3. The summed E-state index contributed by atoms with van der Waals surface area (Å²) in [5.74, 6) is 0.544. The lowest BCUT2D eigenvalue weighted by molar-refractivity contribution is -0.137. The van der Waals surface area contributed by atoms with Crippen LogP contribution in [0.4, 0.5) is 18.9 Å². The molecule has 8 heteroatoms. The van der Waals surface area contributed by atoms with E-state index < -0.39 is 21.8 Å². The molecule has 0 unspecified atom stereocenters. The molecule has 1 N–H and O–H groups in total. The van der Waals surface area contributed by atoms with Gasteiger partial charge in [0.15, 0.2) is 0 Å². The lowest BCUT2D eigenvalue weighted by Gasteiger charge is -2.15. The van der Waals surface area contributed by atoms with Crippen molar-refractivity contribution in [1.82, 2.24) is 0 Å². The van der Waals surface area contributed by atoms with E-state index in [0.29, 0.717) is 17.0 Å². The Kier molecular flexibility index (Phi) is 4.80. The van der Waals surface area contributed by atoms with Crippen molar-refractivity contribution in [3.05, 3.63) is 53.1 Å². The number of methoxy groups -OCH3 is 1. The number of ether oxygens (including phenoxy) is 1. The normalized spacial score (nSPS) is 12.1. The summed E-state index contributed by atoms with van der Waals surface area (Å²) >= 11 is 0. The van der Waals surface area contributed by atoms with Gasteiger partial charge in [0.2, 0.25) is 0 Å². The molecule has 0 aromatic heterocycles. The maximum atomic E-state index is 12.6. The Labute approximate surface area is 138 Å². The lowest BCUT2D eigenvalue weighted by Crippen LogP contribution is -2.15. The van der Waals surface area contributed by atoms with E-state index in [4.69, 9.17) is 4.74 Å². The van der Waals surface area contributed by atoms with Crippen LogP contribution >= 0.6 is 0 Å². The fourth-order valence-electron chi connectivity index (χ4n) is 2.28. The van der Waals surface area contributed by atoms with Crippen molar-refractivity contribution in [3.63, 3.8) is 0 Å². The summed E-state index contributed by atoms with van der Waals surface area (Å²) in [4.78, 5) is -0.255. The molecule has 130 valence electrons. The molecule has 4 nitrogen and oxygen atoms in total. The molecule has 0 aliphatic carbocycles. The Balaban J connectivity index is 2.36. The highest BCUT2D eigenvalue weighted by atomic mass is 32.2. The quantitative estimate of drug-likeness (QED) is 0.893. The Morgan fingerprint density at radius 1 is 1.00 bits per heavy atom. The maximum absolute atomic E-state index is 12.6. The predicted octanol–water partition coefficient (Wildman–Crippen LogP) is 4.13. The van der Waals surface area contributed by atoms with E-state index in [1.165, 1.54) is 7.11 Å². The van der Waals surface area contributed by atoms with E-state index >= 15 is 0 Å². The van der Waals surface area contributed by atoms with E-state index in [1.54, 1.807) is 19.1 Å². The second-order valence-electron chi connectivity index (χ2n) is 5.22. The van der Waals surface area contributed by atoms with Crippen LogP contribution in [0.15, 0.2) is 41.3 Å². The molecule has 24 heavy (non-hydrogen) atoms. The van der Waals surface area contributed by atoms with Gasteiger partial charge in [0, 0.05) is 5.56 Å². The third-order valence-electron chi connectivity index (χ3n) is 3.54. The van der Waals surface area contributed by atoms with Crippen molar-refractivity contribution in [3.8, 4) is 5.75 Å². The van der Waals surface area contributed by atoms with Crippen LogP contribution < -0.4 is 9.46 Å². The second kappa shape index (κ2) is 6.35. The Morgan fingerprint density at radius 2 is 1.58 bits per heavy atom. The summed E-state index contributed by atoms with van der Waals surface area (Å²) in [6, 6.07) is 6.58. The summed E-state index contributed by atoms with van der Waals surface area (Å²) in [6.45, 7) is 3.51. The third kappa shape index (κ3) is 3.64. The summed E-state index contributed by atoms with van der Waals surface area (Å²) in [5.41, 5.74) is 0.826. The lowest BCUT2D eigenvalue weighted by atomic mass is 10.1. The number of nitrogens with one attached hydrogen (secondary N) is 1. The summed E-state index contributed by atoms with van der Waals surface area (Å²) in [6.07, 6.45) is -4.52. The molecule has 2 aromatic rings. The van der Waals surface area contributed by atoms with Crippen LogP contribution in [-0.2, 0) is 16.2 Å². The van der Waals surface area contributed by atoms with Gasteiger partial charge in [-0.3, -0.25) is 4.72 Å². The molecule has 2 rings (SSSR count). The number of rotatable bonds is 4. The number of anilines is 1. The molecule has 0 saturated heterocycles. The first kappa shape index (κ1) is 18.1. The fourth-order valence-corrected chi connectivity index (χ4v) is 3.40. The number of aryl methyl sites for hydroxylation is 1. The molecule has 0 atom stereocenters. The molecule has 0 saturated carbocycles. The zero-order valence-corrected chi connectivity index (χ0v) is 14.0. The molecule has 2 aromatic carbocycles. The van der Waals surface area contributed by atoms with Gasteiger partial charge in [0.25, 0.3) is 10.0 Å². The van der Waals surface area contributed by atoms with Crippen LogP contribution in [0.25, 0.3) is 0 Å². The smallest absolute Gasteiger partial charge is 0.416 e. The highest BCUT2D eigenvalue weighted by Gasteiger charge is 2.30. The van der Waals surface area contributed by atoms with Crippen molar-refractivity contribution in [2.45, 2.75) is 24.9 Å². The molecule has 0 aliphatic rings. The molecule has 0 radical (unpaired) electrons. The second-order valence-corrected chi connectivity index (χ2v) is 6.90. The highest BCUT2D eigenvalue weighted by Crippen LogP contribution is 2.32. The van der Waals surface area contributed by atoms with Crippen molar-refractivity contribution < 1.29 is 26.3 Å². The number of halogens is 3. The molecule has 0 aliphatic heterocycles. The minimum absolute atomic E-state index is 0.255. The number of hydrogen-bond donors (Lipinski definition) is 1. The van der Waals surface area contributed by atoms with Crippen molar-refractivity contribution in [2.75, 3.05) is 11.8 Å². The van der Waals surface area contributed by atoms with Gasteiger partial charge in [-0.25, -0.2) is 8.42 Å². The molecule has 0 amide bonds. The Bertz CT molecular complexity index is 844. The molecule has 0 heterocycles. The standard InChI is InChI=1S/C16H16F3NO3S/c1-10-4-9-14(11(2)15(10)23-3)20-24(21,22)13-7-5-12(6-8-13)16(17,18)19/h4-9,20H,1-3H3. The van der Waals surface area contributed by atoms with Crippen LogP contribution in [0.5, 0.6) is 5.75 Å². The highest BCUT2D eigenvalue weighted by molar-refractivity contribution is 7.92. The van der Waals surface area contributed by atoms with Crippen LogP contribution in [0.2, 0.25) is 0 Å².